The normalized spacial score (nSPS) is 10.7. The first-order valence-electron chi connectivity index (χ1n) is 8.91. The van der Waals surface area contributed by atoms with E-state index in [0.717, 1.165) is 29.7 Å². The van der Waals surface area contributed by atoms with Gasteiger partial charge in [-0.15, -0.1) is 0 Å². The second-order valence-electron chi connectivity index (χ2n) is 6.25. The number of carbonyl (C=O) groups excluding carboxylic acids is 1. The van der Waals surface area contributed by atoms with Crippen LogP contribution in [0.1, 0.15) is 31.6 Å². The van der Waals surface area contributed by atoms with E-state index in [2.05, 4.69) is 4.98 Å². The number of rotatable bonds is 8. The third kappa shape index (κ3) is 5.01. The summed E-state index contributed by atoms with van der Waals surface area (Å²) in [5.41, 5.74) is 4.07. The molecule has 0 spiro atoms. The number of hydrogen-bond donors (Lipinski definition) is 2. The summed E-state index contributed by atoms with van der Waals surface area (Å²) < 4.78 is 19.3. The molecule has 0 saturated carbocycles. The molecule has 0 aliphatic rings. The highest BCUT2D eigenvalue weighted by molar-refractivity contribution is 5.76. The average Bonchev–Trinajstić information content (AvgIpc) is 3.13. The van der Waals surface area contributed by atoms with Crippen LogP contribution in [0.25, 0.3) is 22.6 Å². The maximum Gasteiger partial charge on any atom is 0.243 e. The number of hydroxylamine groups is 1. The second-order valence-corrected chi connectivity index (χ2v) is 6.25. The molecule has 0 bridgehead atoms. The van der Waals surface area contributed by atoms with E-state index < -0.39 is 0 Å². The van der Waals surface area contributed by atoms with Gasteiger partial charge in [-0.1, -0.05) is 36.8 Å². The van der Waals surface area contributed by atoms with Gasteiger partial charge >= 0.3 is 0 Å². The molecule has 0 unspecified atom stereocenters. The largest absolute Gasteiger partial charge is 0.440 e. The van der Waals surface area contributed by atoms with Gasteiger partial charge in [0.05, 0.1) is 0 Å². The smallest absolute Gasteiger partial charge is 0.243 e. The summed E-state index contributed by atoms with van der Waals surface area (Å²) in [7, 11) is 0. The summed E-state index contributed by atoms with van der Waals surface area (Å²) in [4.78, 5) is 15.7. The average molecular weight is 368 g/mol. The Morgan fingerprint density at radius 2 is 1.74 bits per heavy atom. The predicted molar refractivity (Wildman–Crippen MR) is 99.4 cm³/mol. The Labute approximate surface area is 156 Å². The van der Waals surface area contributed by atoms with Crippen LogP contribution in [0.2, 0.25) is 0 Å². The third-order valence-corrected chi connectivity index (χ3v) is 4.24. The maximum absolute atomic E-state index is 13.3. The monoisotopic (exact) mass is 368 g/mol. The molecule has 3 aromatic rings. The lowest BCUT2D eigenvalue weighted by molar-refractivity contribution is -0.129. The standard InChI is InChI=1S/C21H21FN2O3/c22-17-13-11-16(12-14-17)21-20(15-7-3-1-4-8-15)23-19(27-21)10-6-2-5-9-18(25)24-26/h1,3-4,7-8,11-14,26H,2,5-6,9-10H2,(H,24,25). The number of amides is 1. The number of oxazole rings is 1. The molecule has 5 nitrogen and oxygen atoms in total. The van der Waals surface area contributed by atoms with Gasteiger partial charge in [0, 0.05) is 24.0 Å². The van der Waals surface area contributed by atoms with Crippen LogP contribution in [0.4, 0.5) is 4.39 Å². The van der Waals surface area contributed by atoms with Crippen molar-refractivity contribution in [2.75, 3.05) is 0 Å². The van der Waals surface area contributed by atoms with Crippen LogP contribution < -0.4 is 5.48 Å². The summed E-state index contributed by atoms with van der Waals surface area (Å²) in [6, 6.07) is 15.9. The lowest BCUT2D eigenvalue weighted by atomic mass is 10.1. The Morgan fingerprint density at radius 3 is 2.44 bits per heavy atom. The molecule has 2 N–H and O–H groups in total. The van der Waals surface area contributed by atoms with E-state index in [-0.39, 0.29) is 18.1 Å². The van der Waals surface area contributed by atoms with E-state index in [1.165, 1.54) is 12.1 Å². The first-order valence-corrected chi connectivity index (χ1v) is 8.91. The molecule has 1 amide bonds. The molecular weight excluding hydrogens is 347 g/mol. The van der Waals surface area contributed by atoms with E-state index in [4.69, 9.17) is 9.62 Å². The summed E-state index contributed by atoms with van der Waals surface area (Å²) in [6.07, 6.45) is 3.25. The van der Waals surface area contributed by atoms with Gasteiger partial charge in [-0.25, -0.2) is 14.9 Å². The van der Waals surface area contributed by atoms with Gasteiger partial charge < -0.3 is 4.42 Å². The zero-order chi connectivity index (χ0) is 19.1. The highest BCUT2D eigenvalue weighted by Gasteiger charge is 2.16. The molecular formula is C21H21FN2O3. The first kappa shape index (κ1) is 18.8. The number of nitrogens with one attached hydrogen (secondary N) is 1. The fraction of sp³-hybridized carbons (Fsp3) is 0.238. The minimum atomic E-state index is -0.379. The quantitative estimate of drug-likeness (QED) is 0.342. The van der Waals surface area contributed by atoms with Crippen LogP contribution in [0, 0.1) is 5.82 Å². The van der Waals surface area contributed by atoms with Gasteiger partial charge in [-0.3, -0.25) is 10.0 Å². The molecule has 0 aliphatic carbocycles. The summed E-state index contributed by atoms with van der Waals surface area (Å²) in [6.45, 7) is 0. The number of aryl methyl sites for hydroxylation is 1. The molecule has 2 aromatic carbocycles. The van der Waals surface area contributed by atoms with Crippen molar-refractivity contribution >= 4 is 5.91 Å². The molecule has 0 radical (unpaired) electrons. The van der Waals surface area contributed by atoms with E-state index in [1.807, 2.05) is 30.3 Å². The molecule has 0 aliphatic heterocycles. The molecule has 6 heteroatoms. The Kier molecular flexibility index (Phi) is 6.33. The van der Waals surface area contributed by atoms with Gasteiger partial charge in [0.25, 0.3) is 0 Å². The van der Waals surface area contributed by atoms with Gasteiger partial charge in [-0.2, -0.15) is 0 Å². The van der Waals surface area contributed by atoms with Crippen molar-refractivity contribution in [1.29, 1.82) is 0 Å². The molecule has 0 atom stereocenters. The van der Waals surface area contributed by atoms with E-state index in [0.29, 0.717) is 24.5 Å². The number of carbonyl (C=O) groups is 1. The third-order valence-electron chi connectivity index (χ3n) is 4.24. The summed E-state index contributed by atoms with van der Waals surface area (Å²) in [5, 5.41) is 8.49. The number of benzene rings is 2. The molecule has 3 rings (SSSR count). The van der Waals surface area contributed by atoms with Gasteiger partial charge in [0.2, 0.25) is 5.91 Å². The minimum Gasteiger partial charge on any atom is -0.440 e. The highest BCUT2D eigenvalue weighted by Crippen LogP contribution is 2.33. The van der Waals surface area contributed by atoms with Crippen molar-refractivity contribution < 1.29 is 18.8 Å². The van der Waals surface area contributed by atoms with Crippen LogP contribution in [-0.2, 0) is 11.2 Å². The van der Waals surface area contributed by atoms with Crippen molar-refractivity contribution in [2.45, 2.75) is 32.1 Å². The Hall–Kier alpha value is -2.99. The zero-order valence-corrected chi connectivity index (χ0v) is 14.8. The first-order chi connectivity index (χ1) is 13.2. The van der Waals surface area contributed by atoms with Gasteiger partial charge in [-0.05, 0) is 37.1 Å². The lowest BCUT2D eigenvalue weighted by Gasteiger charge is -2.01. The molecule has 140 valence electrons. The summed E-state index contributed by atoms with van der Waals surface area (Å²) >= 11 is 0. The Bertz CT molecular complexity index is 876. The zero-order valence-electron chi connectivity index (χ0n) is 14.8. The maximum atomic E-state index is 13.3. The predicted octanol–water partition coefficient (Wildman–Crippen LogP) is 4.76. The van der Waals surface area contributed by atoms with Crippen LogP contribution in [-0.4, -0.2) is 16.1 Å². The Morgan fingerprint density at radius 1 is 1.00 bits per heavy atom. The minimum absolute atomic E-state index is 0.290. The fourth-order valence-electron chi connectivity index (χ4n) is 2.85. The molecule has 0 fully saturated rings. The van der Waals surface area contributed by atoms with Crippen LogP contribution in [0.15, 0.2) is 59.0 Å². The fourth-order valence-corrected chi connectivity index (χ4v) is 2.85. The van der Waals surface area contributed by atoms with Crippen LogP contribution >= 0.6 is 0 Å². The highest BCUT2D eigenvalue weighted by atomic mass is 19.1. The lowest BCUT2D eigenvalue weighted by Crippen LogP contribution is -2.17. The van der Waals surface area contributed by atoms with E-state index >= 15 is 0 Å². The molecule has 1 heterocycles. The van der Waals surface area contributed by atoms with Crippen molar-refractivity contribution in [3.05, 3.63) is 66.3 Å². The topological polar surface area (TPSA) is 75.4 Å². The molecule has 0 saturated heterocycles. The van der Waals surface area contributed by atoms with Crippen LogP contribution in [0.3, 0.4) is 0 Å². The Balaban J connectivity index is 1.76. The second kappa shape index (κ2) is 9.09. The van der Waals surface area contributed by atoms with Crippen molar-refractivity contribution in [3.63, 3.8) is 0 Å². The van der Waals surface area contributed by atoms with Crippen molar-refractivity contribution in [3.8, 4) is 22.6 Å². The van der Waals surface area contributed by atoms with Gasteiger partial charge in [0.1, 0.15) is 11.5 Å². The van der Waals surface area contributed by atoms with Crippen LogP contribution in [0.5, 0.6) is 0 Å². The summed E-state index contributed by atoms with van der Waals surface area (Å²) in [5.74, 6) is 0.554. The number of nitrogens with zero attached hydrogens (tertiary/aromatic N) is 1. The number of unbranched alkanes of at least 4 members (excludes halogenated alkanes) is 2. The molecule has 1 aromatic heterocycles. The SMILES string of the molecule is O=C(CCCCCc1nc(-c2ccccc2)c(-c2ccc(F)cc2)o1)NO. The number of hydrogen-bond acceptors (Lipinski definition) is 4. The number of aromatic nitrogens is 1. The van der Waals surface area contributed by atoms with Crippen molar-refractivity contribution in [1.82, 2.24) is 10.5 Å². The van der Waals surface area contributed by atoms with E-state index in [9.17, 15) is 9.18 Å². The molecule has 27 heavy (non-hydrogen) atoms. The van der Waals surface area contributed by atoms with Crippen molar-refractivity contribution in [2.24, 2.45) is 0 Å². The van der Waals surface area contributed by atoms with E-state index in [1.54, 1.807) is 17.6 Å². The number of halogens is 1. The van der Waals surface area contributed by atoms with Gasteiger partial charge in [0.15, 0.2) is 11.7 Å².